The summed E-state index contributed by atoms with van der Waals surface area (Å²) in [5, 5.41) is 4.21. The second kappa shape index (κ2) is 8.01. The second-order valence-corrected chi connectivity index (χ2v) is 7.13. The number of nitrogens with zero attached hydrogens (tertiary/aromatic N) is 4. The van der Waals surface area contributed by atoms with Gasteiger partial charge in [0.15, 0.2) is 0 Å². The molecule has 0 aliphatic carbocycles. The molecule has 1 amide bonds. The highest BCUT2D eigenvalue weighted by Crippen LogP contribution is 2.16. The van der Waals surface area contributed by atoms with Crippen LogP contribution in [0.25, 0.3) is 0 Å². The zero-order valence-corrected chi connectivity index (χ0v) is 15.1. The maximum absolute atomic E-state index is 12.7. The molecule has 0 bridgehead atoms. The summed E-state index contributed by atoms with van der Waals surface area (Å²) in [4.78, 5) is 17.1. The number of carbonyl (C=O) groups is 1. The van der Waals surface area contributed by atoms with E-state index in [-0.39, 0.29) is 5.91 Å². The first kappa shape index (κ1) is 17.2. The molecule has 4 rings (SSSR count). The Morgan fingerprint density at radius 3 is 2.62 bits per heavy atom. The van der Waals surface area contributed by atoms with E-state index < -0.39 is 0 Å². The summed E-state index contributed by atoms with van der Waals surface area (Å²) in [7, 11) is 0. The van der Waals surface area contributed by atoms with Gasteiger partial charge in [-0.15, -0.1) is 0 Å². The lowest BCUT2D eigenvalue weighted by Gasteiger charge is -2.35. The third-order valence-corrected chi connectivity index (χ3v) is 5.25. The Morgan fingerprint density at radius 1 is 1.15 bits per heavy atom. The molecule has 0 radical (unpaired) electrons. The molecule has 2 aliphatic rings. The number of hydrogen-bond acceptors (Lipinski definition) is 4. The number of hydrogen-bond donors (Lipinski definition) is 0. The first-order valence-corrected chi connectivity index (χ1v) is 9.47. The molecule has 1 atom stereocenters. The summed E-state index contributed by atoms with van der Waals surface area (Å²) in [5.74, 6) is 0.132. The third-order valence-electron chi connectivity index (χ3n) is 5.25. The van der Waals surface area contributed by atoms with Crippen LogP contribution in [0, 0.1) is 0 Å². The van der Waals surface area contributed by atoms with Gasteiger partial charge >= 0.3 is 0 Å². The number of aromatic nitrogens is 2. The number of amides is 1. The standard InChI is InChI=1S/C20H26N4O2/c25-20(18-6-4-17(5-7-18)15-24-9-2-8-21-24)23-12-10-22(11-13-23)16-19-3-1-14-26-19/h2,4-9,19H,1,3,10-16H2. The quantitative estimate of drug-likeness (QED) is 0.823. The minimum absolute atomic E-state index is 0.132. The van der Waals surface area contributed by atoms with Crippen LogP contribution in [0.15, 0.2) is 42.7 Å². The highest BCUT2D eigenvalue weighted by Gasteiger charge is 2.25. The molecule has 0 saturated carbocycles. The molecule has 6 nitrogen and oxygen atoms in total. The fourth-order valence-corrected chi connectivity index (χ4v) is 3.73. The summed E-state index contributed by atoms with van der Waals surface area (Å²) in [6.07, 6.45) is 6.45. The van der Waals surface area contributed by atoms with Crippen molar-refractivity contribution in [1.82, 2.24) is 19.6 Å². The highest BCUT2D eigenvalue weighted by atomic mass is 16.5. The molecule has 26 heavy (non-hydrogen) atoms. The van der Waals surface area contributed by atoms with E-state index in [9.17, 15) is 4.79 Å². The van der Waals surface area contributed by atoms with Crippen molar-refractivity contribution in [2.45, 2.75) is 25.5 Å². The summed E-state index contributed by atoms with van der Waals surface area (Å²) in [6.45, 7) is 6.08. The predicted molar refractivity (Wildman–Crippen MR) is 99.1 cm³/mol. The molecule has 2 saturated heterocycles. The fourth-order valence-electron chi connectivity index (χ4n) is 3.73. The number of piperazine rings is 1. The van der Waals surface area contributed by atoms with Gasteiger partial charge in [0, 0.05) is 57.3 Å². The Kier molecular flexibility index (Phi) is 5.32. The van der Waals surface area contributed by atoms with Gasteiger partial charge in [-0.2, -0.15) is 5.10 Å². The van der Waals surface area contributed by atoms with Crippen LogP contribution < -0.4 is 0 Å². The number of carbonyl (C=O) groups excluding carboxylic acids is 1. The molecular formula is C20H26N4O2. The van der Waals surface area contributed by atoms with Crippen molar-refractivity contribution in [3.05, 3.63) is 53.9 Å². The molecule has 0 N–H and O–H groups in total. The first-order valence-electron chi connectivity index (χ1n) is 9.47. The molecule has 3 heterocycles. The smallest absolute Gasteiger partial charge is 0.253 e. The van der Waals surface area contributed by atoms with Crippen LogP contribution >= 0.6 is 0 Å². The Balaban J connectivity index is 1.29. The van der Waals surface area contributed by atoms with E-state index in [4.69, 9.17) is 4.74 Å². The van der Waals surface area contributed by atoms with Crippen LogP contribution in [0.4, 0.5) is 0 Å². The van der Waals surface area contributed by atoms with Gasteiger partial charge in [0.25, 0.3) is 5.91 Å². The first-order chi connectivity index (χ1) is 12.8. The molecule has 1 aromatic carbocycles. The van der Waals surface area contributed by atoms with Gasteiger partial charge in [-0.25, -0.2) is 0 Å². The van der Waals surface area contributed by atoms with Crippen molar-refractivity contribution in [2.75, 3.05) is 39.3 Å². The molecule has 6 heteroatoms. The SMILES string of the molecule is O=C(c1ccc(Cn2cccn2)cc1)N1CCN(CC2CCCO2)CC1. The van der Waals surface area contributed by atoms with E-state index in [1.165, 1.54) is 12.8 Å². The predicted octanol–water partition coefficient (Wildman–Crippen LogP) is 1.87. The van der Waals surface area contributed by atoms with Crippen molar-refractivity contribution in [2.24, 2.45) is 0 Å². The third kappa shape index (κ3) is 4.14. The number of benzene rings is 1. The monoisotopic (exact) mass is 354 g/mol. The van der Waals surface area contributed by atoms with Crippen molar-refractivity contribution in [3.8, 4) is 0 Å². The maximum Gasteiger partial charge on any atom is 0.253 e. The molecule has 2 aromatic rings. The minimum Gasteiger partial charge on any atom is -0.377 e. The maximum atomic E-state index is 12.7. The van der Waals surface area contributed by atoms with Crippen LogP contribution in [0.5, 0.6) is 0 Å². The Bertz CT molecular complexity index is 700. The summed E-state index contributed by atoms with van der Waals surface area (Å²) in [5.41, 5.74) is 1.91. The molecule has 0 spiro atoms. The van der Waals surface area contributed by atoms with E-state index in [1.54, 1.807) is 6.20 Å². The van der Waals surface area contributed by atoms with Crippen LogP contribution in [0.1, 0.15) is 28.8 Å². The zero-order chi connectivity index (χ0) is 17.8. The number of ether oxygens (including phenoxy) is 1. The molecule has 1 aromatic heterocycles. The van der Waals surface area contributed by atoms with Crippen LogP contribution in [-0.2, 0) is 11.3 Å². The van der Waals surface area contributed by atoms with Crippen molar-refractivity contribution < 1.29 is 9.53 Å². The summed E-state index contributed by atoms with van der Waals surface area (Å²) < 4.78 is 7.60. The Hall–Kier alpha value is -2.18. The van der Waals surface area contributed by atoms with E-state index in [1.807, 2.05) is 46.1 Å². The van der Waals surface area contributed by atoms with Crippen molar-refractivity contribution >= 4 is 5.91 Å². The van der Waals surface area contributed by atoms with Gasteiger partial charge in [-0.3, -0.25) is 14.4 Å². The highest BCUT2D eigenvalue weighted by molar-refractivity contribution is 5.94. The summed E-state index contributed by atoms with van der Waals surface area (Å²) >= 11 is 0. The molecule has 2 fully saturated rings. The zero-order valence-electron chi connectivity index (χ0n) is 15.1. The average Bonchev–Trinajstić information content (AvgIpc) is 3.37. The number of rotatable bonds is 5. The largest absolute Gasteiger partial charge is 0.377 e. The lowest BCUT2D eigenvalue weighted by atomic mass is 10.1. The van der Waals surface area contributed by atoms with Crippen LogP contribution in [0.3, 0.4) is 0 Å². The fraction of sp³-hybridized carbons (Fsp3) is 0.500. The Morgan fingerprint density at radius 2 is 1.96 bits per heavy atom. The molecule has 2 aliphatic heterocycles. The van der Waals surface area contributed by atoms with Gasteiger partial charge in [0.05, 0.1) is 12.6 Å². The normalized spacial score (nSPS) is 21.2. The van der Waals surface area contributed by atoms with Crippen molar-refractivity contribution in [3.63, 3.8) is 0 Å². The van der Waals surface area contributed by atoms with E-state index >= 15 is 0 Å². The second-order valence-electron chi connectivity index (χ2n) is 7.13. The molecule has 1 unspecified atom stereocenters. The van der Waals surface area contributed by atoms with Crippen LogP contribution in [0.2, 0.25) is 0 Å². The van der Waals surface area contributed by atoms with Gasteiger partial charge in [-0.05, 0) is 36.6 Å². The van der Waals surface area contributed by atoms with Gasteiger partial charge in [0.2, 0.25) is 0 Å². The Labute approximate surface area is 154 Å². The van der Waals surface area contributed by atoms with E-state index in [0.717, 1.165) is 57.0 Å². The van der Waals surface area contributed by atoms with Gasteiger partial charge < -0.3 is 9.64 Å². The van der Waals surface area contributed by atoms with Crippen molar-refractivity contribution in [1.29, 1.82) is 0 Å². The van der Waals surface area contributed by atoms with Gasteiger partial charge in [-0.1, -0.05) is 12.1 Å². The lowest BCUT2D eigenvalue weighted by Crippen LogP contribution is -2.50. The molecule has 138 valence electrons. The van der Waals surface area contributed by atoms with E-state index in [0.29, 0.717) is 6.10 Å². The van der Waals surface area contributed by atoms with E-state index in [2.05, 4.69) is 10.00 Å². The van der Waals surface area contributed by atoms with Gasteiger partial charge in [0.1, 0.15) is 0 Å². The molecular weight excluding hydrogens is 328 g/mol. The minimum atomic E-state index is 0.132. The average molecular weight is 354 g/mol. The topological polar surface area (TPSA) is 50.6 Å². The van der Waals surface area contributed by atoms with Crippen LogP contribution in [-0.4, -0.2) is 70.9 Å². The lowest BCUT2D eigenvalue weighted by molar-refractivity contribution is 0.0433. The summed E-state index contributed by atoms with van der Waals surface area (Å²) in [6, 6.07) is 9.81.